The van der Waals surface area contributed by atoms with Gasteiger partial charge in [-0.25, -0.2) is 18.7 Å². The van der Waals surface area contributed by atoms with Crippen molar-refractivity contribution >= 4 is 57.6 Å². The summed E-state index contributed by atoms with van der Waals surface area (Å²) in [6.45, 7) is 10.3. The van der Waals surface area contributed by atoms with E-state index in [9.17, 15) is 14.7 Å². The van der Waals surface area contributed by atoms with Gasteiger partial charge in [0.25, 0.3) is 0 Å². The number of nitrogens with zero attached hydrogens (tertiary/aromatic N) is 6. The average Bonchev–Trinajstić information content (AvgIpc) is 3.15. The van der Waals surface area contributed by atoms with Crippen LogP contribution < -0.4 is 15.3 Å². The molecule has 6 rings (SSSR count). The van der Waals surface area contributed by atoms with Crippen molar-refractivity contribution in [2.45, 2.75) is 32.7 Å². The van der Waals surface area contributed by atoms with Crippen molar-refractivity contribution < 1.29 is 19.0 Å². The van der Waals surface area contributed by atoms with Gasteiger partial charge in [0.2, 0.25) is 5.91 Å². The van der Waals surface area contributed by atoms with Gasteiger partial charge >= 0.3 is 5.69 Å². The normalized spacial score (nSPS) is 16.1. The van der Waals surface area contributed by atoms with E-state index < -0.39 is 28.9 Å². The zero-order valence-corrected chi connectivity index (χ0v) is 26.1. The third-order valence-electron chi connectivity index (χ3n) is 7.87. The number of benzene rings is 1. The number of rotatable bonds is 4. The van der Waals surface area contributed by atoms with Crippen molar-refractivity contribution in [3.05, 3.63) is 73.6 Å². The van der Waals surface area contributed by atoms with Gasteiger partial charge in [-0.1, -0.05) is 55.2 Å². The molecule has 1 aromatic carbocycles. The number of aromatic hydroxyl groups is 1. The van der Waals surface area contributed by atoms with Crippen molar-refractivity contribution in [2.75, 3.05) is 31.1 Å². The highest BCUT2D eigenvalue weighted by atomic mass is 35.5. The standard InChI is InChI=1S/C30H26Cl3FN6O4/c1-5-18(41)38-8-9-39-15(11-38)12-44-27-20-28(39)37-30(43)40(25-14(4)6-7-35-23(25)13(2)3)29(20)36-24(21(27)33)19-22(34)16(31)10-17(32)26(19)42/h5-7,10,13,15,42H,1,8-9,11-12H2,2-4H3/t15-/m0/s1. The number of hydrogen-bond donors (Lipinski definition) is 1. The zero-order valence-electron chi connectivity index (χ0n) is 23.9. The van der Waals surface area contributed by atoms with Crippen LogP contribution in [0.25, 0.3) is 28.0 Å². The fraction of sp³-hybridized carbons (Fsp3) is 0.300. The van der Waals surface area contributed by atoms with Crippen LogP contribution in [0.15, 0.2) is 35.8 Å². The van der Waals surface area contributed by atoms with Crippen molar-refractivity contribution in [3.63, 3.8) is 0 Å². The summed E-state index contributed by atoms with van der Waals surface area (Å²) >= 11 is 19.2. The van der Waals surface area contributed by atoms with Crippen LogP contribution in [0.1, 0.15) is 31.0 Å². The molecule has 10 nitrogen and oxygen atoms in total. The lowest BCUT2D eigenvalue weighted by atomic mass is 10.0. The minimum absolute atomic E-state index is 0.0394. The number of fused-ring (bicyclic) bond motifs is 2. The van der Waals surface area contributed by atoms with Crippen molar-refractivity contribution in [3.8, 4) is 28.4 Å². The van der Waals surface area contributed by atoms with Gasteiger partial charge in [0.15, 0.2) is 17.2 Å². The molecule has 2 aliphatic heterocycles. The molecule has 0 saturated carbocycles. The van der Waals surface area contributed by atoms with E-state index in [4.69, 9.17) is 44.5 Å². The number of halogens is 4. The first-order chi connectivity index (χ1) is 20.9. The Morgan fingerprint density at radius 2 is 1.98 bits per heavy atom. The summed E-state index contributed by atoms with van der Waals surface area (Å²) in [4.78, 5) is 43.9. The number of carbonyl (C=O) groups excluding carboxylic acids is 1. The highest BCUT2D eigenvalue weighted by Gasteiger charge is 2.38. The Hall–Kier alpha value is -3.93. The molecule has 2 aliphatic rings. The predicted octanol–water partition coefficient (Wildman–Crippen LogP) is 5.68. The number of aromatic nitrogens is 4. The first-order valence-corrected chi connectivity index (χ1v) is 14.9. The predicted molar refractivity (Wildman–Crippen MR) is 167 cm³/mol. The van der Waals surface area contributed by atoms with Gasteiger partial charge in [-0.05, 0) is 36.6 Å². The number of carbonyl (C=O) groups is 1. The van der Waals surface area contributed by atoms with Crippen molar-refractivity contribution in [1.82, 2.24) is 24.4 Å². The monoisotopic (exact) mass is 658 g/mol. The Morgan fingerprint density at radius 1 is 1.23 bits per heavy atom. The lowest BCUT2D eigenvalue weighted by Gasteiger charge is -2.40. The number of piperazine rings is 1. The van der Waals surface area contributed by atoms with Gasteiger partial charge in [0.05, 0.1) is 33.0 Å². The second-order valence-electron chi connectivity index (χ2n) is 10.9. The zero-order chi connectivity index (χ0) is 31.6. The maximum absolute atomic E-state index is 15.6. The summed E-state index contributed by atoms with van der Waals surface area (Å²) < 4.78 is 23.2. The molecule has 1 fully saturated rings. The second kappa shape index (κ2) is 11.2. The fourth-order valence-electron chi connectivity index (χ4n) is 5.76. The quantitative estimate of drug-likeness (QED) is 0.220. The van der Waals surface area contributed by atoms with E-state index in [1.54, 1.807) is 17.2 Å². The number of hydrogen-bond acceptors (Lipinski definition) is 8. The number of aryl methyl sites for hydroxylation is 1. The summed E-state index contributed by atoms with van der Waals surface area (Å²) in [5.41, 5.74) is 0.454. The molecule has 0 spiro atoms. The van der Waals surface area contributed by atoms with Crippen LogP contribution in [0, 0.1) is 12.7 Å². The van der Waals surface area contributed by atoms with Crippen LogP contribution in [0.4, 0.5) is 10.2 Å². The molecular formula is C30H26Cl3FN6O4. The smallest absolute Gasteiger partial charge is 0.355 e. The van der Waals surface area contributed by atoms with E-state index >= 15 is 4.39 Å². The van der Waals surface area contributed by atoms with E-state index in [1.165, 1.54) is 10.6 Å². The van der Waals surface area contributed by atoms with Crippen molar-refractivity contribution in [1.29, 1.82) is 0 Å². The summed E-state index contributed by atoms with van der Waals surface area (Å²) in [6, 6.07) is 2.41. The van der Waals surface area contributed by atoms with Crippen LogP contribution in [-0.2, 0) is 4.79 Å². The maximum Gasteiger partial charge on any atom is 0.355 e. The Kier molecular flexibility index (Phi) is 7.67. The minimum atomic E-state index is -1.01. The summed E-state index contributed by atoms with van der Waals surface area (Å²) in [5.74, 6) is -1.66. The number of anilines is 1. The highest BCUT2D eigenvalue weighted by Crippen LogP contribution is 2.49. The van der Waals surface area contributed by atoms with Gasteiger partial charge in [-0.15, -0.1) is 0 Å². The molecule has 3 aromatic heterocycles. The average molecular weight is 660 g/mol. The maximum atomic E-state index is 15.6. The van der Waals surface area contributed by atoms with Gasteiger partial charge in [-0.3, -0.25) is 9.78 Å². The SMILES string of the molecule is C=CC(=O)N1CCN2c3nc(=O)n(-c4c(C)ccnc4C(C)C)c4nc(-c5c(O)c(Cl)cc(Cl)c5F)c(Cl)c(c34)OC[C@@H]2C1. The Labute approximate surface area is 266 Å². The molecular weight excluding hydrogens is 634 g/mol. The lowest BCUT2D eigenvalue weighted by Crippen LogP contribution is -2.56. The van der Waals surface area contributed by atoms with E-state index in [2.05, 4.69) is 16.5 Å². The largest absolute Gasteiger partial charge is 0.506 e. The Bertz CT molecular complexity index is 1920. The summed E-state index contributed by atoms with van der Waals surface area (Å²) in [7, 11) is 0. The first kappa shape index (κ1) is 30.1. The topological polar surface area (TPSA) is 114 Å². The number of pyridine rings is 2. The number of ether oxygens (including phenoxy) is 1. The number of phenols is 1. The molecule has 1 atom stereocenters. The van der Waals surface area contributed by atoms with Crippen LogP contribution >= 0.6 is 34.8 Å². The highest BCUT2D eigenvalue weighted by molar-refractivity contribution is 6.38. The van der Waals surface area contributed by atoms with Gasteiger partial charge in [-0.2, -0.15) is 4.98 Å². The van der Waals surface area contributed by atoms with Crippen LogP contribution in [-0.4, -0.2) is 67.7 Å². The fourth-order valence-corrected chi connectivity index (χ4v) is 6.51. The molecule has 14 heteroatoms. The third kappa shape index (κ3) is 4.65. The minimum Gasteiger partial charge on any atom is -0.506 e. The van der Waals surface area contributed by atoms with Crippen LogP contribution in [0.3, 0.4) is 0 Å². The van der Waals surface area contributed by atoms with Gasteiger partial charge < -0.3 is 19.6 Å². The van der Waals surface area contributed by atoms with Gasteiger partial charge in [0.1, 0.15) is 34.3 Å². The first-order valence-electron chi connectivity index (χ1n) is 13.7. The molecule has 0 radical (unpaired) electrons. The Morgan fingerprint density at radius 3 is 2.68 bits per heavy atom. The van der Waals surface area contributed by atoms with E-state index in [1.807, 2.05) is 25.7 Å². The molecule has 5 heterocycles. The second-order valence-corrected chi connectivity index (χ2v) is 12.1. The lowest BCUT2D eigenvalue weighted by molar-refractivity contribution is -0.126. The molecule has 1 amide bonds. The molecule has 0 unspecified atom stereocenters. The Balaban J connectivity index is 1.74. The van der Waals surface area contributed by atoms with Gasteiger partial charge in [0, 0.05) is 25.8 Å². The molecule has 1 saturated heterocycles. The summed E-state index contributed by atoms with van der Waals surface area (Å²) in [5, 5.41) is 10.5. The molecule has 0 bridgehead atoms. The third-order valence-corrected chi connectivity index (χ3v) is 8.79. The molecule has 1 N–H and O–H groups in total. The molecule has 44 heavy (non-hydrogen) atoms. The number of phenolic OH excluding ortho intramolecular Hbond substituents is 1. The van der Waals surface area contributed by atoms with E-state index in [0.29, 0.717) is 35.4 Å². The number of amides is 1. The molecule has 228 valence electrons. The molecule has 4 aromatic rings. The molecule has 0 aliphatic carbocycles. The van der Waals surface area contributed by atoms with Crippen LogP contribution in [0.2, 0.25) is 15.1 Å². The summed E-state index contributed by atoms with van der Waals surface area (Å²) in [6.07, 6.45) is 2.89. The van der Waals surface area contributed by atoms with Crippen LogP contribution in [0.5, 0.6) is 11.5 Å². The van der Waals surface area contributed by atoms with E-state index in [-0.39, 0.29) is 63.0 Å². The van der Waals surface area contributed by atoms with E-state index in [0.717, 1.165) is 6.07 Å². The van der Waals surface area contributed by atoms with Crippen molar-refractivity contribution in [2.24, 2.45) is 0 Å².